The van der Waals surface area contributed by atoms with Crippen LogP contribution in [0.1, 0.15) is 22.2 Å². The Bertz CT molecular complexity index is 782. The van der Waals surface area contributed by atoms with Crippen molar-refractivity contribution in [2.24, 2.45) is 0 Å². The van der Waals surface area contributed by atoms with Gasteiger partial charge in [-0.05, 0) is 12.1 Å². The van der Waals surface area contributed by atoms with Crippen LogP contribution in [0.25, 0.3) is 0 Å². The van der Waals surface area contributed by atoms with Crippen molar-refractivity contribution in [3.8, 4) is 0 Å². The summed E-state index contributed by atoms with van der Waals surface area (Å²) in [6, 6.07) is 18.0. The number of hydrogen-bond donors (Lipinski definition) is 1. The minimum Gasteiger partial charge on any atom is -0.453 e. The van der Waals surface area contributed by atoms with Crippen LogP contribution in [0.15, 0.2) is 60.7 Å². The summed E-state index contributed by atoms with van der Waals surface area (Å²) in [5.74, 6) is -0.550. The first-order valence-electron chi connectivity index (χ1n) is 9.11. The van der Waals surface area contributed by atoms with Gasteiger partial charge in [-0.1, -0.05) is 48.5 Å². The van der Waals surface area contributed by atoms with E-state index in [0.717, 1.165) is 5.56 Å². The molecule has 0 aliphatic carbocycles. The van der Waals surface area contributed by atoms with Gasteiger partial charge in [0.15, 0.2) is 18.7 Å². The van der Waals surface area contributed by atoms with Crippen LogP contribution in [0.4, 0.5) is 0 Å². The lowest BCUT2D eigenvalue weighted by molar-refractivity contribution is -0.357. The third-order valence-corrected chi connectivity index (χ3v) is 4.86. The monoisotopic (exact) mass is 386 g/mol. The Morgan fingerprint density at radius 1 is 1.04 bits per heavy atom. The molecule has 0 radical (unpaired) electrons. The molecule has 1 N–H and O–H groups in total. The number of ether oxygens (including phenoxy) is 5. The predicted molar refractivity (Wildman–Crippen MR) is 97.3 cm³/mol. The maximum atomic E-state index is 12.6. The number of carbonyl (C=O) groups excluding carboxylic acids is 1. The highest BCUT2D eigenvalue weighted by molar-refractivity contribution is 5.89. The fourth-order valence-electron chi connectivity index (χ4n) is 3.44. The van der Waals surface area contributed by atoms with Crippen molar-refractivity contribution in [2.45, 2.75) is 37.0 Å². The van der Waals surface area contributed by atoms with Crippen molar-refractivity contribution in [3.63, 3.8) is 0 Å². The van der Waals surface area contributed by atoms with Crippen LogP contribution in [0.5, 0.6) is 0 Å². The van der Waals surface area contributed by atoms with Gasteiger partial charge in [0.05, 0.1) is 12.2 Å². The second-order valence-electron chi connectivity index (χ2n) is 6.68. The summed E-state index contributed by atoms with van der Waals surface area (Å²) in [7, 11) is 1.42. The standard InChI is InChI=1S/C21H22O7/c1-24-21-16(22)18(27-19(23)13-8-4-2-5-9-13)17-15(26-21)12-25-20(28-17)14-10-6-3-7-11-14/h2-11,15-18,20-22H,12H2,1H3/t15-,16-,17+,18-,20+,21-/m1/s1. The molecule has 2 saturated heterocycles. The number of aliphatic hydroxyl groups is 1. The molecule has 0 saturated carbocycles. The fourth-order valence-corrected chi connectivity index (χ4v) is 3.44. The summed E-state index contributed by atoms with van der Waals surface area (Å²) >= 11 is 0. The Labute approximate surface area is 162 Å². The van der Waals surface area contributed by atoms with Crippen molar-refractivity contribution in [3.05, 3.63) is 71.8 Å². The van der Waals surface area contributed by atoms with Crippen molar-refractivity contribution >= 4 is 5.97 Å². The molecule has 148 valence electrons. The molecule has 2 aliphatic rings. The molecule has 0 aromatic heterocycles. The van der Waals surface area contributed by atoms with Crippen molar-refractivity contribution in [1.82, 2.24) is 0 Å². The SMILES string of the molecule is CO[C@@H]1O[C@@H]2CO[C@H](c3ccccc3)O[C@@H]2[C@H](OC(=O)c2ccccc2)[C@H]1O. The average molecular weight is 386 g/mol. The molecule has 0 spiro atoms. The van der Waals surface area contributed by atoms with Crippen LogP contribution in [0.3, 0.4) is 0 Å². The van der Waals surface area contributed by atoms with E-state index in [0.29, 0.717) is 5.56 Å². The number of esters is 1. The molecule has 0 unspecified atom stereocenters. The van der Waals surface area contributed by atoms with E-state index in [4.69, 9.17) is 23.7 Å². The van der Waals surface area contributed by atoms with Gasteiger partial charge in [-0.15, -0.1) is 0 Å². The van der Waals surface area contributed by atoms with Crippen molar-refractivity contribution in [2.75, 3.05) is 13.7 Å². The summed E-state index contributed by atoms with van der Waals surface area (Å²) in [4.78, 5) is 12.6. The van der Waals surface area contributed by atoms with Crippen molar-refractivity contribution in [1.29, 1.82) is 0 Å². The summed E-state index contributed by atoms with van der Waals surface area (Å²) in [6.45, 7) is 0.218. The largest absolute Gasteiger partial charge is 0.453 e. The van der Waals surface area contributed by atoms with E-state index >= 15 is 0 Å². The zero-order valence-electron chi connectivity index (χ0n) is 15.3. The van der Waals surface area contributed by atoms with Gasteiger partial charge < -0.3 is 28.8 Å². The minimum atomic E-state index is -1.20. The highest BCUT2D eigenvalue weighted by atomic mass is 16.8. The molecular weight excluding hydrogens is 364 g/mol. The van der Waals surface area contributed by atoms with Crippen LogP contribution in [-0.4, -0.2) is 55.5 Å². The van der Waals surface area contributed by atoms with Crippen LogP contribution in [0, 0.1) is 0 Å². The first-order valence-corrected chi connectivity index (χ1v) is 9.11. The number of methoxy groups -OCH3 is 1. The average Bonchev–Trinajstić information content (AvgIpc) is 2.76. The lowest BCUT2D eigenvalue weighted by Crippen LogP contribution is -2.63. The molecule has 28 heavy (non-hydrogen) atoms. The van der Waals surface area contributed by atoms with E-state index < -0.39 is 43.0 Å². The van der Waals surface area contributed by atoms with E-state index in [-0.39, 0.29) is 6.61 Å². The number of carbonyl (C=O) groups is 1. The number of rotatable bonds is 4. The first kappa shape index (κ1) is 19.0. The molecule has 6 atom stereocenters. The topological polar surface area (TPSA) is 83.5 Å². The van der Waals surface area contributed by atoms with Crippen LogP contribution in [0.2, 0.25) is 0 Å². The van der Waals surface area contributed by atoms with E-state index in [1.807, 2.05) is 36.4 Å². The van der Waals surface area contributed by atoms with Gasteiger partial charge in [-0.25, -0.2) is 4.79 Å². The van der Waals surface area contributed by atoms with Gasteiger partial charge in [0.1, 0.15) is 18.3 Å². The molecule has 4 rings (SSSR count). The Hall–Kier alpha value is -2.29. The molecule has 2 aliphatic heterocycles. The van der Waals surface area contributed by atoms with E-state index in [1.54, 1.807) is 24.3 Å². The highest BCUT2D eigenvalue weighted by Gasteiger charge is 2.51. The smallest absolute Gasteiger partial charge is 0.338 e. The number of fused-ring (bicyclic) bond motifs is 1. The molecule has 2 fully saturated rings. The highest BCUT2D eigenvalue weighted by Crippen LogP contribution is 2.35. The first-order chi connectivity index (χ1) is 13.7. The molecule has 0 amide bonds. The summed E-state index contributed by atoms with van der Waals surface area (Å²) in [5, 5.41) is 10.7. The summed E-state index contributed by atoms with van der Waals surface area (Å²) < 4.78 is 28.4. The van der Waals surface area contributed by atoms with Gasteiger partial charge in [0, 0.05) is 12.7 Å². The van der Waals surface area contributed by atoms with Gasteiger partial charge in [0.25, 0.3) is 0 Å². The molecule has 2 heterocycles. The maximum absolute atomic E-state index is 12.6. The lowest BCUT2D eigenvalue weighted by atomic mass is 9.97. The van der Waals surface area contributed by atoms with Gasteiger partial charge in [-0.3, -0.25) is 0 Å². The normalized spacial score (nSPS) is 32.4. The summed E-state index contributed by atoms with van der Waals surface area (Å²) in [5.41, 5.74) is 1.22. The van der Waals surface area contributed by atoms with Gasteiger partial charge in [-0.2, -0.15) is 0 Å². The van der Waals surface area contributed by atoms with E-state index in [1.165, 1.54) is 7.11 Å². The van der Waals surface area contributed by atoms with E-state index in [2.05, 4.69) is 0 Å². The maximum Gasteiger partial charge on any atom is 0.338 e. The number of hydrogen-bond acceptors (Lipinski definition) is 7. The van der Waals surface area contributed by atoms with Gasteiger partial charge >= 0.3 is 5.97 Å². The molecular formula is C21H22O7. The second kappa shape index (κ2) is 8.38. The van der Waals surface area contributed by atoms with Gasteiger partial charge in [0.2, 0.25) is 0 Å². The van der Waals surface area contributed by atoms with Crippen LogP contribution < -0.4 is 0 Å². The predicted octanol–water partition coefficient (Wildman–Crippen LogP) is 2.06. The zero-order chi connectivity index (χ0) is 19.5. The minimum absolute atomic E-state index is 0.218. The third-order valence-electron chi connectivity index (χ3n) is 4.86. The Kier molecular flexibility index (Phi) is 5.70. The fraction of sp³-hybridized carbons (Fsp3) is 0.381. The Morgan fingerprint density at radius 3 is 2.39 bits per heavy atom. The number of aliphatic hydroxyl groups excluding tert-OH is 1. The lowest BCUT2D eigenvalue weighted by Gasteiger charge is -2.47. The Balaban J connectivity index is 1.56. The van der Waals surface area contributed by atoms with Crippen LogP contribution in [-0.2, 0) is 23.7 Å². The third kappa shape index (κ3) is 3.80. The molecule has 2 aromatic rings. The molecule has 2 aromatic carbocycles. The molecule has 7 nitrogen and oxygen atoms in total. The molecule has 7 heteroatoms. The van der Waals surface area contributed by atoms with Crippen LogP contribution >= 0.6 is 0 Å². The second-order valence-corrected chi connectivity index (χ2v) is 6.68. The quantitative estimate of drug-likeness (QED) is 0.806. The number of benzene rings is 2. The van der Waals surface area contributed by atoms with E-state index in [9.17, 15) is 9.90 Å². The zero-order valence-corrected chi connectivity index (χ0v) is 15.3. The van der Waals surface area contributed by atoms with Crippen molar-refractivity contribution < 1.29 is 33.6 Å². The summed E-state index contributed by atoms with van der Waals surface area (Å²) in [6.07, 6.45) is -5.00. The Morgan fingerprint density at radius 2 is 1.71 bits per heavy atom. The molecule has 0 bridgehead atoms.